The van der Waals surface area contributed by atoms with Gasteiger partial charge in [0.1, 0.15) is 0 Å². The Kier molecular flexibility index (Phi) is 7.86. The van der Waals surface area contributed by atoms with Gasteiger partial charge in [0.25, 0.3) is 0 Å². The molecule has 0 atom stereocenters. The van der Waals surface area contributed by atoms with E-state index in [1.165, 1.54) is 19.3 Å². The molecule has 0 aliphatic carbocycles. The SMILES string of the molecule is CCNCCCCS(=O)(=O)N1CCCCCCC1. The molecule has 1 N–H and O–H groups in total. The van der Waals surface area contributed by atoms with Gasteiger partial charge in [-0.2, -0.15) is 0 Å². The first-order valence-corrected chi connectivity index (χ1v) is 8.96. The van der Waals surface area contributed by atoms with Gasteiger partial charge >= 0.3 is 0 Å². The summed E-state index contributed by atoms with van der Waals surface area (Å²) in [6, 6.07) is 0. The zero-order chi connectivity index (χ0) is 13.3. The Morgan fingerprint density at radius 2 is 1.61 bits per heavy atom. The van der Waals surface area contributed by atoms with Gasteiger partial charge in [-0.25, -0.2) is 12.7 Å². The predicted octanol–water partition coefficient (Wildman–Crippen LogP) is 1.97. The topological polar surface area (TPSA) is 49.4 Å². The minimum atomic E-state index is -3.00. The highest BCUT2D eigenvalue weighted by Gasteiger charge is 2.21. The Morgan fingerprint density at radius 1 is 1.00 bits per heavy atom. The van der Waals surface area contributed by atoms with Gasteiger partial charge in [0, 0.05) is 13.1 Å². The molecule has 1 aliphatic heterocycles. The van der Waals surface area contributed by atoms with Gasteiger partial charge in [0.15, 0.2) is 0 Å². The maximum atomic E-state index is 12.2. The smallest absolute Gasteiger partial charge is 0.214 e. The molecule has 0 unspecified atom stereocenters. The average molecular weight is 276 g/mol. The predicted molar refractivity (Wildman–Crippen MR) is 76.2 cm³/mol. The van der Waals surface area contributed by atoms with E-state index in [0.29, 0.717) is 5.75 Å². The van der Waals surface area contributed by atoms with Crippen LogP contribution in [0.1, 0.15) is 51.9 Å². The molecule has 0 amide bonds. The van der Waals surface area contributed by atoms with Crippen LogP contribution in [0, 0.1) is 0 Å². The molecule has 1 saturated heterocycles. The molecule has 0 aromatic rings. The van der Waals surface area contributed by atoms with E-state index in [2.05, 4.69) is 12.2 Å². The molecule has 18 heavy (non-hydrogen) atoms. The van der Waals surface area contributed by atoms with Crippen molar-refractivity contribution in [3.63, 3.8) is 0 Å². The molecule has 1 heterocycles. The third kappa shape index (κ3) is 6.16. The summed E-state index contributed by atoms with van der Waals surface area (Å²) in [7, 11) is -3.00. The number of nitrogens with one attached hydrogen (secondary N) is 1. The van der Waals surface area contributed by atoms with Crippen molar-refractivity contribution in [2.75, 3.05) is 31.9 Å². The molecule has 0 aromatic carbocycles. The van der Waals surface area contributed by atoms with Crippen LogP contribution in [0.2, 0.25) is 0 Å². The number of sulfonamides is 1. The van der Waals surface area contributed by atoms with Crippen LogP contribution in [-0.2, 0) is 10.0 Å². The Balaban J connectivity index is 2.31. The van der Waals surface area contributed by atoms with E-state index in [1.54, 1.807) is 4.31 Å². The van der Waals surface area contributed by atoms with E-state index in [0.717, 1.165) is 51.9 Å². The van der Waals surface area contributed by atoms with E-state index < -0.39 is 10.0 Å². The average Bonchev–Trinajstić information content (AvgIpc) is 2.27. The van der Waals surface area contributed by atoms with E-state index in [-0.39, 0.29) is 0 Å². The number of nitrogens with zero attached hydrogens (tertiary/aromatic N) is 1. The molecule has 108 valence electrons. The fourth-order valence-corrected chi connectivity index (χ4v) is 3.98. The second-order valence-electron chi connectivity index (χ2n) is 5.04. The Labute approximate surface area is 112 Å². The lowest BCUT2D eigenvalue weighted by Crippen LogP contribution is -2.35. The van der Waals surface area contributed by atoms with Crippen molar-refractivity contribution >= 4 is 10.0 Å². The van der Waals surface area contributed by atoms with Crippen LogP contribution in [-0.4, -0.2) is 44.7 Å². The maximum Gasteiger partial charge on any atom is 0.214 e. The molecule has 1 rings (SSSR count). The largest absolute Gasteiger partial charge is 0.317 e. The van der Waals surface area contributed by atoms with Crippen LogP contribution in [0.25, 0.3) is 0 Å². The van der Waals surface area contributed by atoms with Crippen molar-refractivity contribution in [3.8, 4) is 0 Å². The molecule has 0 aromatic heterocycles. The third-order valence-electron chi connectivity index (χ3n) is 3.46. The molecule has 0 radical (unpaired) electrons. The van der Waals surface area contributed by atoms with Crippen LogP contribution in [0.15, 0.2) is 0 Å². The molecular formula is C13H28N2O2S. The second kappa shape index (κ2) is 8.88. The summed E-state index contributed by atoms with van der Waals surface area (Å²) in [6.45, 7) is 5.41. The first-order valence-electron chi connectivity index (χ1n) is 7.35. The van der Waals surface area contributed by atoms with Gasteiger partial charge in [-0.15, -0.1) is 0 Å². The first-order chi connectivity index (χ1) is 8.67. The standard InChI is InChI=1S/C13H28N2O2S/c1-2-14-10-6-9-13-18(16,17)15-11-7-4-3-5-8-12-15/h14H,2-13H2,1H3. The van der Waals surface area contributed by atoms with Crippen LogP contribution in [0.4, 0.5) is 0 Å². The molecule has 1 fully saturated rings. The number of hydrogen-bond donors (Lipinski definition) is 1. The van der Waals surface area contributed by atoms with Gasteiger partial charge in [0.05, 0.1) is 5.75 Å². The van der Waals surface area contributed by atoms with Gasteiger partial charge < -0.3 is 5.32 Å². The Morgan fingerprint density at radius 3 is 2.22 bits per heavy atom. The lowest BCUT2D eigenvalue weighted by molar-refractivity contribution is 0.363. The molecule has 4 nitrogen and oxygen atoms in total. The summed E-state index contributed by atoms with van der Waals surface area (Å²) >= 11 is 0. The van der Waals surface area contributed by atoms with E-state index in [1.807, 2.05) is 0 Å². The summed E-state index contributed by atoms with van der Waals surface area (Å²) in [5.74, 6) is 0.318. The van der Waals surface area contributed by atoms with Gasteiger partial charge in [-0.1, -0.05) is 26.2 Å². The van der Waals surface area contributed by atoms with Crippen molar-refractivity contribution in [1.29, 1.82) is 0 Å². The van der Waals surface area contributed by atoms with Crippen LogP contribution in [0.5, 0.6) is 0 Å². The highest BCUT2D eigenvalue weighted by atomic mass is 32.2. The quantitative estimate of drug-likeness (QED) is 0.723. The van der Waals surface area contributed by atoms with Crippen LogP contribution in [0.3, 0.4) is 0 Å². The van der Waals surface area contributed by atoms with Crippen molar-refractivity contribution in [3.05, 3.63) is 0 Å². The highest BCUT2D eigenvalue weighted by Crippen LogP contribution is 2.14. The van der Waals surface area contributed by atoms with Gasteiger partial charge in [0.2, 0.25) is 10.0 Å². The second-order valence-corrected chi connectivity index (χ2v) is 7.13. The first kappa shape index (κ1) is 15.9. The molecule has 0 saturated carbocycles. The highest BCUT2D eigenvalue weighted by molar-refractivity contribution is 7.89. The normalized spacial score (nSPS) is 19.4. The van der Waals surface area contributed by atoms with Crippen molar-refractivity contribution in [2.45, 2.75) is 51.9 Å². The zero-order valence-electron chi connectivity index (χ0n) is 11.7. The fourth-order valence-electron chi connectivity index (χ4n) is 2.34. The molecule has 1 aliphatic rings. The minimum absolute atomic E-state index is 0.318. The maximum absolute atomic E-state index is 12.2. The lowest BCUT2D eigenvalue weighted by Gasteiger charge is -2.24. The molecule has 0 bridgehead atoms. The zero-order valence-corrected chi connectivity index (χ0v) is 12.5. The Hall–Kier alpha value is -0.130. The monoisotopic (exact) mass is 276 g/mol. The summed E-state index contributed by atoms with van der Waals surface area (Å²) in [6.07, 6.45) is 7.37. The van der Waals surface area contributed by atoms with Crippen molar-refractivity contribution in [2.24, 2.45) is 0 Å². The third-order valence-corrected chi connectivity index (χ3v) is 5.42. The molecule has 5 heteroatoms. The Bertz CT molecular complexity index is 296. The summed E-state index contributed by atoms with van der Waals surface area (Å²) < 4.78 is 26.1. The summed E-state index contributed by atoms with van der Waals surface area (Å²) in [5, 5.41) is 3.22. The number of hydrogen-bond acceptors (Lipinski definition) is 3. The van der Waals surface area contributed by atoms with Crippen molar-refractivity contribution in [1.82, 2.24) is 9.62 Å². The molecule has 0 spiro atoms. The van der Waals surface area contributed by atoms with E-state index in [9.17, 15) is 8.42 Å². The fraction of sp³-hybridized carbons (Fsp3) is 1.00. The van der Waals surface area contributed by atoms with E-state index >= 15 is 0 Å². The summed E-state index contributed by atoms with van der Waals surface area (Å²) in [4.78, 5) is 0. The van der Waals surface area contributed by atoms with Crippen LogP contribution < -0.4 is 5.32 Å². The molecular weight excluding hydrogens is 248 g/mol. The lowest BCUT2D eigenvalue weighted by atomic mass is 10.1. The number of unbranched alkanes of at least 4 members (excludes halogenated alkanes) is 1. The summed E-state index contributed by atoms with van der Waals surface area (Å²) in [5.41, 5.74) is 0. The van der Waals surface area contributed by atoms with Gasteiger partial charge in [-0.3, -0.25) is 0 Å². The van der Waals surface area contributed by atoms with Crippen molar-refractivity contribution < 1.29 is 8.42 Å². The minimum Gasteiger partial charge on any atom is -0.317 e. The van der Waals surface area contributed by atoms with Crippen LogP contribution >= 0.6 is 0 Å². The van der Waals surface area contributed by atoms with E-state index in [4.69, 9.17) is 0 Å². The van der Waals surface area contributed by atoms with Gasteiger partial charge in [-0.05, 0) is 38.8 Å². The number of rotatable bonds is 7.